The Kier molecular flexibility index (Phi) is 4.88. The number of nitrogens with zero attached hydrogens (tertiary/aromatic N) is 1. The largest absolute Gasteiger partial charge is 0.342 e. The Morgan fingerprint density at radius 2 is 1.89 bits per heavy atom. The van der Waals surface area contributed by atoms with Crippen LogP contribution < -0.4 is 5.32 Å². The predicted octanol–water partition coefficient (Wildman–Crippen LogP) is 2.66. The minimum Gasteiger partial charge on any atom is -0.342 e. The molecule has 2 bridgehead atoms. The van der Waals surface area contributed by atoms with E-state index in [1.54, 1.807) is 0 Å². The highest BCUT2D eigenvalue weighted by atomic mass is 16.2. The van der Waals surface area contributed by atoms with Crippen molar-refractivity contribution < 1.29 is 4.79 Å². The molecule has 110 valence electrons. The first kappa shape index (κ1) is 14.8. The Labute approximate surface area is 118 Å². The Balaban J connectivity index is 1.84. The van der Waals surface area contributed by atoms with E-state index in [4.69, 9.17) is 0 Å². The summed E-state index contributed by atoms with van der Waals surface area (Å²) in [6.45, 7) is 10.0. The maximum atomic E-state index is 12.3. The number of hydrogen-bond acceptors (Lipinski definition) is 2. The van der Waals surface area contributed by atoms with E-state index in [1.807, 2.05) is 25.7 Å². The molecule has 0 saturated heterocycles. The van der Waals surface area contributed by atoms with Crippen molar-refractivity contribution in [2.45, 2.75) is 65.5 Å². The summed E-state index contributed by atoms with van der Waals surface area (Å²) >= 11 is 0. The molecule has 0 spiro atoms. The lowest BCUT2D eigenvalue weighted by atomic mass is 9.84. The van der Waals surface area contributed by atoms with Gasteiger partial charge in [-0.3, -0.25) is 4.79 Å². The van der Waals surface area contributed by atoms with Gasteiger partial charge in [0.1, 0.15) is 0 Å². The van der Waals surface area contributed by atoms with E-state index in [1.165, 1.54) is 25.7 Å². The topological polar surface area (TPSA) is 32.3 Å². The quantitative estimate of drug-likeness (QED) is 0.801. The molecule has 2 aliphatic rings. The Morgan fingerprint density at radius 3 is 2.37 bits per heavy atom. The molecule has 5 unspecified atom stereocenters. The van der Waals surface area contributed by atoms with E-state index in [9.17, 15) is 4.79 Å². The summed E-state index contributed by atoms with van der Waals surface area (Å²) in [6.07, 6.45) is 5.68. The maximum Gasteiger partial charge on any atom is 0.239 e. The van der Waals surface area contributed by atoms with Crippen LogP contribution in [-0.4, -0.2) is 36.0 Å². The lowest BCUT2D eigenvalue weighted by molar-refractivity contribution is -0.132. The van der Waals surface area contributed by atoms with Crippen molar-refractivity contribution in [3.8, 4) is 0 Å². The third kappa shape index (κ3) is 3.13. The highest BCUT2D eigenvalue weighted by Gasteiger charge is 2.42. The maximum absolute atomic E-state index is 12.3. The fraction of sp³-hybridized carbons (Fsp3) is 0.938. The van der Waals surface area contributed by atoms with E-state index in [0.717, 1.165) is 30.8 Å². The first-order valence-electron chi connectivity index (χ1n) is 8.11. The van der Waals surface area contributed by atoms with Gasteiger partial charge in [0.2, 0.25) is 5.91 Å². The van der Waals surface area contributed by atoms with Crippen molar-refractivity contribution in [1.82, 2.24) is 10.2 Å². The lowest BCUT2D eigenvalue weighted by Gasteiger charge is -2.32. The Bertz CT molecular complexity index is 314. The summed E-state index contributed by atoms with van der Waals surface area (Å²) in [5.74, 6) is 2.95. The normalized spacial score (nSPS) is 32.3. The van der Waals surface area contributed by atoms with Crippen LogP contribution in [0.25, 0.3) is 0 Å². The fourth-order valence-corrected chi connectivity index (χ4v) is 4.30. The number of nitrogens with one attached hydrogen (secondary N) is 1. The third-order valence-corrected chi connectivity index (χ3v) is 5.39. The molecule has 0 aliphatic heterocycles. The average Bonchev–Trinajstić information content (AvgIpc) is 3.02. The number of rotatable bonds is 6. The highest BCUT2D eigenvalue weighted by molar-refractivity contribution is 5.81. The standard InChI is InChI=1S/C16H30N2O/c1-5-18(6-2)16(19)12(4)17-11(3)15-10-13-7-8-14(15)9-13/h11-15,17H,5-10H2,1-4H3. The van der Waals surface area contributed by atoms with Gasteiger partial charge < -0.3 is 10.2 Å². The monoisotopic (exact) mass is 266 g/mol. The van der Waals surface area contributed by atoms with Crippen LogP contribution in [0.2, 0.25) is 0 Å². The summed E-state index contributed by atoms with van der Waals surface area (Å²) in [5, 5.41) is 3.56. The van der Waals surface area contributed by atoms with E-state index >= 15 is 0 Å². The SMILES string of the molecule is CCN(CC)C(=O)C(C)NC(C)C1CC2CCC1C2. The molecule has 3 heteroatoms. The molecule has 0 aromatic carbocycles. The molecule has 0 aromatic rings. The lowest BCUT2D eigenvalue weighted by Crippen LogP contribution is -2.50. The van der Waals surface area contributed by atoms with Crippen LogP contribution >= 0.6 is 0 Å². The second kappa shape index (κ2) is 6.25. The zero-order valence-corrected chi connectivity index (χ0v) is 13.0. The van der Waals surface area contributed by atoms with E-state index in [2.05, 4.69) is 12.2 Å². The molecule has 0 aromatic heterocycles. The number of carbonyl (C=O) groups is 1. The van der Waals surface area contributed by atoms with Crippen molar-refractivity contribution in [2.75, 3.05) is 13.1 Å². The van der Waals surface area contributed by atoms with Gasteiger partial charge in [-0.25, -0.2) is 0 Å². The van der Waals surface area contributed by atoms with Crippen molar-refractivity contribution in [3.05, 3.63) is 0 Å². The van der Waals surface area contributed by atoms with Gasteiger partial charge in [-0.15, -0.1) is 0 Å². The molecule has 19 heavy (non-hydrogen) atoms. The first-order chi connectivity index (χ1) is 9.06. The molecule has 0 heterocycles. The summed E-state index contributed by atoms with van der Waals surface area (Å²) < 4.78 is 0. The molecule has 2 fully saturated rings. The molecule has 5 atom stereocenters. The number of hydrogen-bond donors (Lipinski definition) is 1. The van der Waals surface area contributed by atoms with Gasteiger partial charge in [-0.05, 0) is 64.7 Å². The van der Waals surface area contributed by atoms with Gasteiger partial charge in [0, 0.05) is 19.1 Å². The molecule has 0 radical (unpaired) electrons. The van der Waals surface area contributed by atoms with Crippen molar-refractivity contribution in [3.63, 3.8) is 0 Å². The van der Waals surface area contributed by atoms with Gasteiger partial charge in [0.15, 0.2) is 0 Å². The molecule has 2 rings (SSSR count). The van der Waals surface area contributed by atoms with Crippen LogP contribution in [0.1, 0.15) is 53.4 Å². The van der Waals surface area contributed by atoms with E-state index < -0.39 is 0 Å². The van der Waals surface area contributed by atoms with Crippen LogP contribution in [0.5, 0.6) is 0 Å². The summed E-state index contributed by atoms with van der Waals surface area (Å²) in [4.78, 5) is 14.2. The molecular weight excluding hydrogens is 236 g/mol. The molecule has 2 aliphatic carbocycles. The van der Waals surface area contributed by atoms with E-state index in [0.29, 0.717) is 6.04 Å². The molecule has 1 amide bonds. The predicted molar refractivity (Wildman–Crippen MR) is 78.9 cm³/mol. The van der Waals surface area contributed by atoms with Crippen LogP contribution in [0.15, 0.2) is 0 Å². The Hall–Kier alpha value is -0.570. The second-order valence-electron chi connectivity index (χ2n) is 6.53. The summed E-state index contributed by atoms with van der Waals surface area (Å²) in [6, 6.07) is 0.429. The zero-order chi connectivity index (χ0) is 14.0. The molecule has 3 nitrogen and oxygen atoms in total. The average molecular weight is 266 g/mol. The summed E-state index contributed by atoms with van der Waals surface area (Å²) in [5.41, 5.74) is 0. The second-order valence-corrected chi connectivity index (χ2v) is 6.53. The number of carbonyl (C=O) groups excluding carboxylic acids is 1. The van der Waals surface area contributed by atoms with Crippen molar-refractivity contribution in [2.24, 2.45) is 17.8 Å². The van der Waals surface area contributed by atoms with Crippen LogP contribution in [0, 0.1) is 17.8 Å². The highest BCUT2D eigenvalue weighted by Crippen LogP contribution is 2.49. The minimum absolute atomic E-state index is 0.0472. The zero-order valence-electron chi connectivity index (χ0n) is 13.0. The van der Waals surface area contributed by atoms with Crippen LogP contribution in [-0.2, 0) is 4.79 Å². The van der Waals surface area contributed by atoms with Crippen LogP contribution in [0.4, 0.5) is 0 Å². The van der Waals surface area contributed by atoms with Crippen molar-refractivity contribution >= 4 is 5.91 Å². The fourth-order valence-electron chi connectivity index (χ4n) is 4.30. The van der Waals surface area contributed by atoms with E-state index in [-0.39, 0.29) is 11.9 Å². The number of fused-ring (bicyclic) bond motifs is 2. The smallest absolute Gasteiger partial charge is 0.239 e. The first-order valence-corrected chi connectivity index (χ1v) is 8.11. The summed E-state index contributed by atoms with van der Waals surface area (Å²) in [7, 11) is 0. The minimum atomic E-state index is -0.0472. The van der Waals surface area contributed by atoms with Crippen molar-refractivity contribution in [1.29, 1.82) is 0 Å². The third-order valence-electron chi connectivity index (χ3n) is 5.39. The van der Waals surface area contributed by atoms with Gasteiger partial charge in [-0.1, -0.05) is 6.42 Å². The van der Waals surface area contributed by atoms with Crippen LogP contribution in [0.3, 0.4) is 0 Å². The number of amides is 1. The Morgan fingerprint density at radius 1 is 1.21 bits per heavy atom. The number of likely N-dealkylation sites (N-methyl/N-ethyl adjacent to an activating group) is 1. The van der Waals surface area contributed by atoms with Gasteiger partial charge in [0.25, 0.3) is 0 Å². The molecule has 2 saturated carbocycles. The molecule has 1 N–H and O–H groups in total. The van der Waals surface area contributed by atoms with Gasteiger partial charge in [0.05, 0.1) is 6.04 Å². The van der Waals surface area contributed by atoms with Gasteiger partial charge in [-0.2, -0.15) is 0 Å². The van der Waals surface area contributed by atoms with Gasteiger partial charge >= 0.3 is 0 Å². The molecular formula is C16H30N2O.